The van der Waals surface area contributed by atoms with Crippen LogP contribution in [0.3, 0.4) is 0 Å². The van der Waals surface area contributed by atoms with Crippen molar-refractivity contribution in [2.24, 2.45) is 16.6 Å². The minimum absolute atomic E-state index is 0.171. The highest BCUT2D eigenvalue weighted by Crippen LogP contribution is 2.13. The molecule has 4 N–H and O–H groups in total. The highest BCUT2D eigenvalue weighted by atomic mass is 16.5. The fourth-order valence-electron chi connectivity index (χ4n) is 2.87. The van der Waals surface area contributed by atoms with Gasteiger partial charge in [0.1, 0.15) is 0 Å². The Kier molecular flexibility index (Phi) is 8.06. The molecule has 2 rings (SSSR count). The summed E-state index contributed by atoms with van der Waals surface area (Å²) in [5.74, 6) is 0.499. The number of hydrogen-bond donors (Lipinski definition) is 3. The zero-order chi connectivity index (χ0) is 19.6. The summed E-state index contributed by atoms with van der Waals surface area (Å²) in [4.78, 5) is 29.4. The standard InChI is InChI=1S/C19H29N5O3/c1-3-21-19(24(2)12-15-8-9-27-13-15)23-10-14-4-6-16(7-5-14)18(26)22-11-17(20)25/h4-7,15H,3,8-13H2,1-2H3,(H2,20,25)(H,21,23)(H,22,26). The highest BCUT2D eigenvalue weighted by molar-refractivity contribution is 5.96. The number of hydrogen-bond acceptors (Lipinski definition) is 4. The van der Waals surface area contributed by atoms with Gasteiger partial charge in [0, 0.05) is 38.2 Å². The summed E-state index contributed by atoms with van der Waals surface area (Å²) >= 11 is 0. The summed E-state index contributed by atoms with van der Waals surface area (Å²) in [6.45, 7) is 5.73. The molecule has 1 aromatic rings. The highest BCUT2D eigenvalue weighted by Gasteiger charge is 2.19. The van der Waals surface area contributed by atoms with E-state index in [0.29, 0.717) is 18.0 Å². The van der Waals surface area contributed by atoms with Gasteiger partial charge in [-0.15, -0.1) is 0 Å². The Labute approximate surface area is 160 Å². The first-order chi connectivity index (χ1) is 13.0. The van der Waals surface area contributed by atoms with Crippen molar-refractivity contribution in [3.63, 3.8) is 0 Å². The number of ether oxygens (including phenoxy) is 1. The van der Waals surface area contributed by atoms with Crippen LogP contribution in [0.4, 0.5) is 0 Å². The van der Waals surface area contributed by atoms with Gasteiger partial charge in [-0.05, 0) is 31.0 Å². The number of amides is 2. The van der Waals surface area contributed by atoms with E-state index in [4.69, 9.17) is 10.5 Å². The average molecular weight is 375 g/mol. The predicted octanol–water partition coefficient (Wildman–Crippen LogP) is 0.336. The van der Waals surface area contributed by atoms with Gasteiger partial charge < -0.3 is 26.0 Å². The van der Waals surface area contributed by atoms with Crippen molar-refractivity contribution in [3.8, 4) is 0 Å². The minimum Gasteiger partial charge on any atom is -0.381 e. The quantitative estimate of drug-likeness (QED) is 0.448. The molecule has 1 heterocycles. The van der Waals surface area contributed by atoms with Crippen molar-refractivity contribution < 1.29 is 14.3 Å². The Morgan fingerprint density at radius 1 is 1.30 bits per heavy atom. The lowest BCUT2D eigenvalue weighted by molar-refractivity contribution is -0.117. The summed E-state index contributed by atoms with van der Waals surface area (Å²) in [7, 11) is 2.03. The third-order valence-corrected chi connectivity index (χ3v) is 4.30. The molecular weight excluding hydrogens is 346 g/mol. The van der Waals surface area contributed by atoms with E-state index in [1.807, 2.05) is 26.1 Å². The van der Waals surface area contributed by atoms with Crippen LogP contribution >= 0.6 is 0 Å². The molecule has 27 heavy (non-hydrogen) atoms. The van der Waals surface area contributed by atoms with Crippen molar-refractivity contribution >= 4 is 17.8 Å². The number of aliphatic imine (C=N–C) groups is 1. The zero-order valence-electron chi connectivity index (χ0n) is 16.0. The van der Waals surface area contributed by atoms with Gasteiger partial charge in [0.15, 0.2) is 5.96 Å². The average Bonchev–Trinajstić information content (AvgIpc) is 3.16. The van der Waals surface area contributed by atoms with E-state index >= 15 is 0 Å². The molecule has 1 aliphatic heterocycles. The van der Waals surface area contributed by atoms with E-state index < -0.39 is 5.91 Å². The molecule has 0 saturated carbocycles. The van der Waals surface area contributed by atoms with Crippen LogP contribution in [-0.2, 0) is 16.1 Å². The van der Waals surface area contributed by atoms with Crippen molar-refractivity contribution in [2.75, 3.05) is 39.9 Å². The molecule has 1 aromatic carbocycles. The van der Waals surface area contributed by atoms with Crippen LogP contribution in [0, 0.1) is 5.92 Å². The molecule has 0 aliphatic carbocycles. The molecule has 1 unspecified atom stereocenters. The fraction of sp³-hybridized carbons (Fsp3) is 0.526. The van der Waals surface area contributed by atoms with Gasteiger partial charge in [-0.1, -0.05) is 12.1 Å². The SMILES string of the molecule is CCNC(=NCc1ccc(C(=O)NCC(N)=O)cc1)N(C)CC1CCOC1. The zero-order valence-corrected chi connectivity index (χ0v) is 16.0. The third-order valence-electron chi connectivity index (χ3n) is 4.30. The van der Waals surface area contributed by atoms with E-state index in [1.165, 1.54) is 0 Å². The lowest BCUT2D eigenvalue weighted by atomic mass is 10.1. The van der Waals surface area contributed by atoms with Gasteiger partial charge in [0.25, 0.3) is 5.91 Å². The summed E-state index contributed by atoms with van der Waals surface area (Å²) < 4.78 is 5.44. The Bertz CT molecular complexity index is 654. The first kappa shape index (κ1) is 20.7. The molecule has 0 bridgehead atoms. The van der Waals surface area contributed by atoms with Gasteiger partial charge >= 0.3 is 0 Å². The summed E-state index contributed by atoms with van der Waals surface area (Å²) in [6, 6.07) is 7.15. The molecule has 148 valence electrons. The van der Waals surface area contributed by atoms with Gasteiger partial charge in [0.2, 0.25) is 5.91 Å². The molecule has 1 saturated heterocycles. The predicted molar refractivity (Wildman–Crippen MR) is 104 cm³/mol. The fourth-order valence-corrected chi connectivity index (χ4v) is 2.87. The molecule has 8 nitrogen and oxygen atoms in total. The Morgan fingerprint density at radius 3 is 2.63 bits per heavy atom. The maximum absolute atomic E-state index is 11.9. The number of primary amides is 1. The van der Waals surface area contributed by atoms with Gasteiger partial charge in [-0.3, -0.25) is 9.59 Å². The molecule has 1 atom stereocenters. The normalized spacial score (nSPS) is 16.8. The van der Waals surface area contributed by atoms with Crippen LogP contribution in [0.1, 0.15) is 29.3 Å². The van der Waals surface area contributed by atoms with Gasteiger partial charge in [0.05, 0.1) is 19.7 Å². The smallest absolute Gasteiger partial charge is 0.251 e. The molecule has 2 amide bonds. The van der Waals surface area contributed by atoms with Crippen LogP contribution in [0.5, 0.6) is 0 Å². The second-order valence-corrected chi connectivity index (χ2v) is 6.63. The largest absolute Gasteiger partial charge is 0.381 e. The molecule has 0 radical (unpaired) electrons. The summed E-state index contributed by atoms with van der Waals surface area (Å²) in [5.41, 5.74) is 6.50. The number of nitrogens with one attached hydrogen (secondary N) is 2. The number of carbonyl (C=O) groups excluding carboxylic acids is 2. The molecule has 8 heteroatoms. The van der Waals surface area contributed by atoms with Crippen LogP contribution in [0.25, 0.3) is 0 Å². The van der Waals surface area contributed by atoms with Gasteiger partial charge in [-0.2, -0.15) is 0 Å². The van der Waals surface area contributed by atoms with Crippen LogP contribution in [0.2, 0.25) is 0 Å². The molecule has 1 aliphatic rings. The summed E-state index contributed by atoms with van der Waals surface area (Å²) in [5, 5.41) is 5.78. The first-order valence-electron chi connectivity index (χ1n) is 9.22. The minimum atomic E-state index is -0.571. The Morgan fingerprint density at radius 2 is 2.04 bits per heavy atom. The van der Waals surface area contributed by atoms with E-state index in [0.717, 1.165) is 44.2 Å². The third kappa shape index (κ3) is 6.90. The molecular formula is C19H29N5O3. The maximum Gasteiger partial charge on any atom is 0.251 e. The van der Waals surface area contributed by atoms with Crippen LogP contribution < -0.4 is 16.4 Å². The van der Waals surface area contributed by atoms with E-state index in [-0.39, 0.29) is 12.5 Å². The lowest BCUT2D eigenvalue weighted by Gasteiger charge is -2.24. The van der Waals surface area contributed by atoms with Crippen LogP contribution in [0.15, 0.2) is 29.3 Å². The summed E-state index contributed by atoms with van der Waals surface area (Å²) in [6.07, 6.45) is 1.09. The molecule has 0 aromatic heterocycles. The first-order valence-corrected chi connectivity index (χ1v) is 9.22. The maximum atomic E-state index is 11.9. The topological polar surface area (TPSA) is 109 Å². The number of nitrogens with two attached hydrogens (primary N) is 1. The second kappa shape index (κ2) is 10.5. The monoisotopic (exact) mass is 375 g/mol. The number of guanidine groups is 1. The van der Waals surface area contributed by atoms with Crippen molar-refractivity contribution in [1.29, 1.82) is 0 Å². The van der Waals surface area contributed by atoms with E-state index in [9.17, 15) is 9.59 Å². The number of rotatable bonds is 8. The van der Waals surface area contributed by atoms with Crippen LogP contribution in [-0.4, -0.2) is 62.6 Å². The molecule has 0 spiro atoms. The number of carbonyl (C=O) groups is 2. The van der Waals surface area contributed by atoms with Crippen molar-refractivity contribution in [1.82, 2.24) is 15.5 Å². The Hall–Kier alpha value is -2.61. The number of benzene rings is 1. The molecule has 1 fully saturated rings. The Balaban J connectivity index is 1.94. The van der Waals surface area contributed by atoms with Crippen molar-refractivity contribution in [3.05, 3.63) is 35.4 Å². The lowest BCUT2D eigenvalue weighted by Crippen LogP contribution is -2.41. The van der Waals surface area contributed by atoms with Crippen molar-refractivity contribution in [2.45, 2.75) is 19.9 Å². The van der Waals surface area contributed by atoms with Gasteiger partial charge in [-0.25, -0.2) is 4.99 Å². The van der Waals surface area contributed by atoms with E-state index in [1.54, 1.807) is 12.1 Å². The second-order valence-electron chi connectivity index (χ2n) is 6.63. The number of nitrogens with zero attached hydrogens (tertiary/aromatic N) is 2. The van der Waals surface area contributed by atoms with E-state index in [2.05, 4.69) is 20.5 Å².